The monoisotopic (exact) mass is 300 g/mol. The molecule has 2 rings (SSSR count). The predicted molar refractivity (Wildman–Crippen MR) is 95.5 cm³/mol. The summed E-state index contributed by atoms with van der Waals surface area (Å²) in [5, 5.41) is 6.73. The summed E-state index contributed by atoms with van der Waals surface area (Å²) >= 11 is 0. The lowest BCUT2D eigenvalue weighted by Gasteiger charge is -2.18. The standard InChI is InChI=1S/C18H28N4/c1-4-15(3)21-18(19-5-2)20-14-16-9-8-10-17(13-16)22-11-6-7-12-22/h6-10,13,15H,4-5,11-12,14H2,1-3H3,(H2,19,20,21). The molecule has 1 aromatic carbocycles. The number of hydrogen-bond donors (Lipinski definition) is 2. The topological polar surface area (TPSA) is 39.7 Å². The third-order valence-corrected chi connectivity index (χ3v) is 3.85. The Balaban J connectivity index is 2.01. The van der Waals surface area contributed by atoms with Crippen LogP contribution in [0.15, 0.2) is 41.4 Å². The predicted octanol–water partition coefficient (Wildman–Crippen LogP) is 2.92. The molecule has 0 saturated heterocycles. The molecule has 1 atom stereocenters. The van der Waals surface area contributed by atoms with Crippen molar-refractivity contribution in [1.29, 1.82) is 0 Å². The fourth-order valence-corrected chi connectivity index (χ4v) is 2.37. The van der Waals surface area contributed by atoms with E-state index >= 15 is 0 Å². The molecule has 120 valence electrons. The first-order valence-corrected chi connectivity index (χ1v) is 8.26. The maximum absolute atomic E-state index is 4.70. The molecule has 0 bridgehead atoms. The number of rotatable bonds is 6. The van der Waals surface area contributed by atoms with Crippen molar-refractivity contribution in [2.75, 3.05) is 24.5 Å². The zero-order valence-electron chi connectivity index (χ0n) is 14.0. The second-order valence-corrected chi connectivity index (χ2v) is 5.70. The van der Waals surface area contributed by atoms with Crippen LogP contribution in [0.1, 0.15) is 32.8 Å². The van der Waals surface area contributed by atoms with Gasteiger partial charge in [-0.05, 0) is 38.0 Å². The molecule has 0 aromatic heterocycles. The molecule has 0 saturated carbocycles. The maximum atomic E-state index is 4.70. The smallest absolute Gasteiger partial charge is 0.191 e. The van der Waals surface area contributed by atoms with Crippen molar-refractivity contribution in [1.82, 2.24) is 10.6 Å². The van der Waals surface area contributed by atoms with E-state index in [-0.39, 0.29) is 0 Å². The highest BCUT2D eigenvalue weighted by Gasteiger charge is 2.08. The molecular formula is C18H28N4. The van der Waals surface area contributed by atoms with E-state index in [9.17, 15) is 0 Å². The van der Waals surface area contributed by atoms with Gasteiger partial charge in [-0.2, -0.15) is 0 Å². The Bertz CT molecular complexity index is 514. The minimum atomic E-state index is 0.430. The third-order valence-electron chi connectivity index (χ3n) is 3.85. The van der Waals surface area contributed by atoms with Gasteiger partial charge in [0.15, 0.2) is 5.96 Å². The minimum Gasteiger partial charge on any atom is -0.364 e. The molecular weight excluding hydrogens is 272 g/mol. The first kappa shape index (κ1) is 16.4. The lowest BCUT2D eigenvalue weighted by Crippen LogP contribution is -2.41. The van der Waals surface area contributed by atoms with Crippen LogP contribution in [0.25, 0.3) is 0 Å². The van der Waals surface area contributed by atoms with Crippen LogP contribution >= 0.6 is 0 Å². The van der Waals surface area contributed by atoms with Crippen LogP contribution < -0.4 is 15.5 Å². The quantitative estimate of drug-likeness (QED) is 0.482. The van der Waals surface area contributed by atoms with Crippen LogP contribution in [-0.4, -0.2) is 31.6 Å². The molecule has 4 nitrogen and oxygen atoms in total. The van der Waals surface area contributed by atoms with Gasteiger partial charge >= 0.3 is 0 Å². The molecule has 0 spiro atoms. The summed E-state index contributed by atoms with van der Waals surface area (Å²) in [5.41, 5.74) is 2.52. The van der Waals surface area contributed by atoms with Crippen molar-refractivity contribution in [3.8, 4) is 0 Å². The molecule has 0 fully saturated rings. The summed E-state index contributed by atoms with van der Waals surface area (Å²) < 4.78 is 0. The second-order valence-electron chi connectivity index (χ2n) is 5.70. The maximum Gasteiger partial charge on any atom is 0.191 e. The summed E-state index contributed by atoms with van der Waals surface area (Å²) in [7, 11) is 0. The second kappa shape index (κ2) is 8.47. The molecule has 0 radical (unpaired) electrons. The molecule has 1 heterocycles. The number of nitrogens with zero attached hydrogens (tertiary/aromatic N) is 2. The number of anilines is 1. The number of benzene rings is 1. The Hall–Kier alpha value is -1.97. The van der Waals surface area contributed by atoms with Crippen LogP contribution in [0.4, 0.5) is 5.69 Å². The van der Waals surface area contributed by atoms with Gasteiger partial charge in [0.1, 0.15) is 0 Å². The molecule has 1 aliphatic heterocycles. The van der Waals surface area contributed by atoms with Crippen molar-refractivity contribution in [2.24, 2.45) is 4.99 Å². The Morgan fingerprint density at radius 1 is 1.27 bits per heavy atom. The van der Waals surface area contributed by atoms with Crippen LogP contribution in [0.3, 0.4) is 0 Å². The van der Waals surface area contributed by atoms with Crippen molar-refractivity contribution in [3.05, 3.63) is 42.0 Å². The van der Waals surface area contributed by atoms with E-state index in [1.54, 1.807) is 0 Å². The van der Waals surface area contributed by atoms with Gasteiger partial charge in [-0.1, -0.05) is 31.2 Å². The van der Waals surface area contributed by atoms with E-state index in [2.05, 4.69) is 72.7 Å². The van der Waals surface area contributed by atoms with E-state index in [0.29, 0.717) is 12.6 Å². The van der Waals surface area contributed by atoms with Gasteiger partial charge in [-0.25, -0.2) is 4.99 Å². The summed E-state index contributed by atoms with van der Waals surface area (Å²) in [6.45, 7) is 10.0. The molecule has 0 aliphatic carbocycles. The first-order chi connectivity index (χ1) is 10.7. The highest BCUT2D eigenvalue weighted by molar-refractivity contribution is 5.80. The van der Waals surface area contributed by atoms with Crippen molar-refractivity contribution in [2.45, 2.75) is 39.8 Å². The zero-order valence-corrected chi connectivity index (χ0v) is 14.0. The highest BCUT2D eigenvalue weighted by atomic mass is 15.2. The average molecular weight is 300 g/mol. The van der Waals surface area contributed by atoms with Crippen molar-refractivity contribution < 1.29 is 0 Å². The fraction of sp³-hybridized carbons (Fsp3) is 0.500. The van der Waals surface area contributed by atoms with E-state index < -0.39 is 0 Å². The van der Waals surface area contributed by atoms with Crippen LogP contribution in [0, 0.1) is 0 Å². The molecule has 4 heteroatoms. The van der Waals surface area contributed by atoms with Gasteiger partial charge in [0.25, 0.3) is 0 Å². The summed E-state index contributed by atoms with van der Waals surface area (Å²) in [4.78, 5) is 7.06. The number of aliphatic imine (C=N–C) groups is 1. The SMILES string of the molecule is CCNC(=NCc1cccc(N2CC=CC2)c1)NC(C)CC. The average Bonchev–Trinajstić information content (AvgIpc) is 3.07. The Morgan fingerprint density at radius 3 is 2.73 bits per heavy atom. The Labute approximate surface area is 134 Å². The number of nitrogens with one attached hydrogen (secondary N) is 2. The molecule has 1 aliphatic rings. The van der Waals surface area contributed by atoms with E-state index in [1.165, 1.54) is 11.3 Å². The summed E-state index contributed by atoms with van der Waals surface area (Å²) in [6.07, 6.45) is 5.51. The molecule has 22 heavy (non-hydrogen) atoms. The molecule has 0 amide bonds. The molecule has 2 N–H and O–H groups in total. The lowest BCUT2D eigenvalue weighted by atomic mass is 10.2. The lowest BCUT2D eigenvalue weighted by molar-refractivity contribution is 0.624. The Kier molecular flexibility index (Phi) is 6.31. The summed E-state index contributed by atoms with van der Waals surface area (Å²) in [5.74, 6) is 0.894. The van der Waals surface area contributed by atoms with E-state index in [0.717, 1.165) is 32.0 Å². The van der Waals surface area contributed by atoms with Gasteiger partial charge < -0.3 is 15.5 Å². The van der Waals surface area contributed by atoms with Gasteiger partial charge in [0.05, 0.1) is 6.54 Å². The zero-order chi connectivity index (χ0) is 15.8. The largest absolute Gasteiger partial charge is 0.364 e. The van der Waals surface area contributed by atoms with Crippen LogP contribution in [0.2, 0.25) is 0 Å². The Morgan fingerprint density at radius 2 is 2.05 bits per heavy atom. The first-order valence-electron chi connectivity index (χ1n) is 8.26. The van der Waals surface area contributed by atoms with Crippen LogP contribution in [0.5, 0.6) is 0 Å². The summed E-state index contributed by atoms with van der Waals surface area (Å²) in [6, 6.07) is 9.10. The number of hydrogen-bond acceptors (Lipinski definition) is 2. The van der Waals surface area contributed by atoms with Crippen LogP contribution in [-0.2, 0) is 6.54 Å². The molecule has 1 unspecified atom stereocenters. The minimum absolute atomic E-state index is 0.430. The van der Waals surface area contributed by atoms with Gasteiger partial charge in [0.2, 0.25) is 0 Å². The third kappa shape index (κ3) is 4.79. The fourth-order valence-electron chi connectivity index (χ4n) is 2.37. The van der Waals surface area contributed by atoms with Gasteiger partial charge in [0, 0.05) is 31.4 Å². The van der Waals surface area contributed by atoms with Crippen molar-refractivity contribution >= 4 is 11.6 Å². The van der Waals surface area contributed by atoms with Gasteiger partial charge in [-0.3, -0.25) is 0 Å². The number of guanidine groups is 1. The van der Waals surface area contributed by atoms with Crippen molar-refractivity contribution in [3.63, 3.8) is 0 Å². The normalized spacial score (nSPS) is 16.0. The van der Waals surface area contributed by atoms with E-state index in [4.69, 9.17) is 4.99 Å². The highest BCUT2D eigenvalue weighted by Crippen LogP contribution is 2.18. The van der Waals surface area contributed by atoms with Gasteiger partial charge in [-0.15, -0.1) is 0 Å². The van der Waals surface area contributed by atoms with E-state index in [1.807, 2.05) is 0 Å². The molecule has 1 aromatic rings.